The van der Waals surface area contributed by atoms with Gasteiger partial charge in [0.2, 0.25) is 11.8 Å². The summed E-state index contributed by atoms with van der Waals surface area (Å²) in [5.74, 6) is -2.22. The SMILES string of the molecule is NC(=O)CN1C[C@H]2CC(COC(N)=O)=C(C(=O)O)N3C(=O)[C@@H]1[C@@H]23.[NaH]. The third kappa shape index (κ3) is 2.90. The summed E-state index contributed by atoms with van der Waals surface area (Å²) in [5, 5.41) is 9.41. The van der Waals surface area contributed by atoms with Crippen molar-refractivity contribution in [1.29, 1.82) is 0 Å². The quantitative estimate of drug-likeness (QED) is 0.357. The van der Waals surface area contributed by atoms with Crippen molar-refractivity contribution in [2.24, 2.45) is 17.4 Å². The van der Waals surface area contributed by atoms with Crippen LogP contribution in [0.4, 0.5) is 4.79 Å². The van der Waals surface area contributed by atoms with Crippen LogP contribution in [-0.2, 0) is 19.1 Å². The summed E-state index contributed by atoms with van der Waals surface area (Å²) in [5.41, 5.74) is 10.3. The van der Waals surface area contributed by atoms with Gasteiger partial charge in [0.15, 0.2) is 0 Å². The molecule has 2 fully saturated rings. The van der Waals surface area contributed by atoms with Gasteiger partial charge in [0.25, 0.3) is 0 Å². The van der Waals surface area contributed by atoms with Gasteiger partial charge in [-0.15, -0.1) is 0 Å². The molecular weight excluding hydrogens is 331 g/mol. The molecule has 0 bridgehead atoms. The molecule has 0 aliphatic carbocycles. The normalized spacial score (nSPS) is 27.9. The van der Waals surface area contributed by atoms with Crippen LogP contribution < -0.4 is 11.5 Å². The van der Waals surface area contributed by atoms with E-state index in [4.69, 9.17) is 16.2 Å². The summed E-state index contributed by atoms with van der Waals surface area (Å²) in [6.45, 7) is 0.130. The summed E-state index contributed by atoms with van der Waals surface area (Å²) in [7, 11) is 0. The molecule has 0 unspecified atom stereocenters. The number of carbonyl (C=O) groups is 4. The molecule has 2 saturated heterocycles. The van der Waals surface area contributed by atoms with Crippen molar-refractivity contribution in [2.45, 2.75) is 18.5 Å². The molecule has 0 saturated carbocycles. The van der Waals surface area contributed by atoms with Crippen molar-refractivity contribution < 1.29 is 29.0 Å². The van der Waals surface area contributed by atoms with E-state index in [2.05, 4.69) is 0 Å². The molecule has 3 aliphatic heterocycles. The zero-order valence-electron chi connectivity index (χ0n) is 12.1. The van der Waals surface area contributed by atoms with Gasteiger partial charge < -0.3 is 21.3 Å². The van der Waals surface area contributed by atoms with Gasteiger partial charge in [-0.25, -0.2) is 9.59 Å². The van der Waals surface area contributed by atoms with Crippen LogP contribution in [0, 0.1) is 5.92 Å². The minimum atomic E-state index is -1.26. The molecule has 10 nitrogen and oxygen atoms in total. The molecule has 3 heterocycles. The topological polar surface area (TPSA) is 156 Å². The number of rotatable bonds is 5. The van der Waals surface area contributed by atoms with E-state index in [1.165, 1.54) is 4.90 Å². The fourth-order valence-corrected chi connectivity index (χ4v) is 3.79. The van der Waals surface area contributed by atoms with E-state index in [0.717, 1.165) is 0 Å². The maximum atomic E-state index is 12.3. The number of hydrogen-bond acceptors (Lipinski definition) is 6. The predicted molar refractivity (Wildman–Crippen MR) is 80.6 cm³/mol. The second kappa shape index (κ2) is 6.71. The van der Waals surface area contributed by atoms with E-state index >= 15 is 0 Å². The Kier molecular flexibility index (Phi) is 5.23. The summed E-state index contributed by atoms with van der Waals surface area (Å²) in [4.78, 5) is 48.7. The summed E-state index contributed by atoms with van der Waals surface area (Å²) in [6.07, 6.45) is -0.659. The molecule has 3 atom stereocenters. The fourth-order valence-electron chi connectivity index (χ4n) is 3.79. The molecule has 3 aliphatic rings. The zero-order chi connectivity index (χ0) is 16.9. The number of likely N-dealkylation sites (tertiary alicyclic amines) is 1. The van der Waals surface area contributed by atoms with Crippen LogP contribution in [0.5, 0.6) is 0 Å². The number of nitrogens with two attached hydrogens (primary N) is 2. The molecule has 0 aromatic carbocycles. The van der Waals surface area contributed by atoms with Crippen molar-refractivity contribution >= 4 is 53.4 Å². The Morgan fingerprint density at radius 1 is 1.29 bits per heavy atom. The number of primary amides is 2. The Labute approximate surface area is 159 Å². The number of ether oxygens (including phenoxy) is 1. The number of aliphatic carboxylic acids is 1. The first-order valence-electron chi connectivity index (χ1n) is 7.04. The van der Waals surface area contributed by atoms with E-state index in [1.807, 2.05) is 0 Å². The Morgan fingerprint density at radius 2 is 1.96 bits per heavy atom. The number of carboxylic acid groups (broad SMARTS) is 1. The maximum absolute atomic E-state index is 12.3. The summed E-state index contributed by atoms with van der Waals surface area (Å²) < 4.78 is 4.69. The standard InChI is InChI=1S/C13H16N4O6.Na.H/c14-7(18)3-16-2-5-1-6(4-23-13(15)22)9(12(20)21)17-8(5)10(16)11(17)19;;/h5,8,10H,1-4H2,(H2,14,18)(H2,15,22)(H,20,21);;/t5-,8-,10+;;/m1../s1. The summed E-state index contributed by atoms with van der Waals surface area (Å²) in [6, 6.07) is -0.800. The van der Waals surface area contributed by atoms with E-state index in [1.54, 1.807) is 4.90 Å². The fraction of sp³-hybridized carbons (Fsp3) is 0.538. The van der Waals surface area contributed by atoms with Crippen LogP contribution in [0.15, 0.2) is 11.3 Å². The first-order chi connectivity index (χ1) is 10.8. The minimum absolute atomic E-state index is 0. The first kappa shape index (κ1) is 18.7. The predicted octanol–water partition coefficient (Wildman–Crippen LogP) is -2.83. The zero-order valence-corrected chi connectivity index (χ0v) is 12.1. The molecule has 3 rings (SSSR count). The van der Waals surface area contributed by atoms with E-state index in [9.17, 15) is 24.3 Å². The van der Waals surface area contributed by atoms with Crippen LogP contribution in [0.1, 0.15) is 6.42 Å². The van der Waals surface area contributed by atoms with Crippen LogP contribution in [0.2, 0.25) is 0 Å². The Bertz CT molecular complexity index is 650. The monoisotopic (exact) mass is 348 g/mol. The van der Waals surface area contributed by atoms with Crippen molar-refractivity contribution in [3.05, 3.63) is 11.3 Å². The van der Waals surface area contributed by atoms with Gasteiger partial charge >= 0.3 is 41.6 Å². The number of hydrogen-bond donors (Lipinski definition) is 3. The van der Waals surface area contributed by atoms with Gasteiger partial charge in [0.1, 0.15) is 18.3 Å². The van der Waals surface area contributed by atoms with Crippen molar-refractivity contribution in [2.75, 3.05) is 19.7 Å². The van der Waals surface area contributed by atoms with E-state index < -0.39 is 24.0 Å². The van der Waals surface area contributed by atoms with Gasteiger partial charge in [-0.05, 0) is 17.9 Å². The van der Waals surface area contributed by atoms with Gasteiger partial charge in [-0.2, -0.15) is 0 Å². The molecule has 0 spiro atoms. The first-order valence-corrected chi connectivity index (χ1v) is 7.04. The Morgan fingerprint density at radius 3 is 2.50 bits per heavy atom. The number of carboxylic acids is 1. The number of amides is 3. The average molecular weight is 348 g/mol. The van der Waals surface area contributed by atoms with Crippen molar-refractivity contribution in [3.8, 4) is 0 Å². The Balaban J connectivity index is 0.00000208. The second-order valence-corrected chi connectivity index (χ2v) is 5.87. The molecule has 3 amide bonds. The van der Waals surface area contributed by atoms with E-state index in [0.29, 0.717) is 18.5 Å². The van der Waals surface area contributed by atoms with Gasteiger partial charge in [-0.3, -0.25) is 19.4 Å². The Hall–Kier alpha value is -1.62. The molecule has 5 N–H and O–H groups in total. The van der Waals surface area contributed by atoms with Gasteiger partial charge in [-0.1, -0.05) is 0 Å². The number of nitrogens with zero attached hydrogens (tertiary/aromatic N) is 2. The number of carbonyl (C=O) groups excluding carboxylic acids is 3. The molecule has 0 aromatic heterocycles. The summed E-state index contributed by atoms with van der Waals surface area (Å²) >= 11 is 0. The molecule has 24 heavy (non-hydrogen) atoms. The van der Waals surface area contributed by atoms with Gasteiger partial charge in [0.05, 0.1) is 12.6 Å². The number of β-lactam (4-membered cyclic amide) rings is 1. The average Bonchev–Trinajstić information content (AvgIpc) is 2.76. The molecular formula is C13H17N4NaO6. The van der Waals surface area contributed by atoms with Crippen molar-refractivity contribution in [3.63, 3.8) is 0 Å². The third-order valence-electron chi connectivity index (χ3n) is 4.49. The van der Waals surface area contributed by atoms with Crippen LogP contribution in [-0.4, -0.2) is 100 Å². The van der Waals surface area contributed by atoms with Gasteiger partial charge in [0, 0.05) is 6.54 Å². The van der Waals surface area contributed by atoms with Crippen LogP contribution in [0.3, 0.4) is 0 Å². The molecule has 11 heteroatoms. The van der Waals surface area contributed by atoms with Crippen LogP contribution >= 0.6 is 0 Å². The molecule has 126 valence electrons. The van der Waals surface area contributed by atoms with Crippen molar-refractivity contribution in [1.82, 2.24) is 9.80 Å². The van der Waals surface area contributed by atoms with E-state index in [-0.39, 0.29) is 66.3 Å². The molecule has 0 radical (unpaired) electrons. The third-order valence-corrected chi connectivity index (χ3v) is 4.49. The molecule has 0 aromatic rings. The van der Waals surface area contributed by atoms with Crippen LogP contribution in [0.25, 0.3) is 0 Å². The second-order valence-electron chi connectivity index (χ2n) is 5.87.